The Morgan fingerprint density at radius 1 is 1.19 bits per heavy atom. The van der Waals surface area contributed by atoms with E-state index in [1.54, 1.807) is 12.4 Å². The van der Waals surface area contributed by atoms with Gasteiger partial charge in [0.1, 0.15) is 5.82 Å². The lowest BCUT2D eigenvalue weighted by Gasteiger charge is -2.31. The van der Waals surface area contributed by atoms with Gasteiger partial charge >= 0.3 is 0 Å². The molecule has 3 N–H and O–H groups in total. The first-order valence-corrected chi connectivity index (χ1v) is 7.24. The lowest BCUT2D eigenvalue weighted by molar-refractivity contribution is -0.122. The molecule has 0 saturated heterocycles. The molecule has 1 amide bonds. The lowest BCUT2D eigenvalue weighted by Crippen LogP contribution is -2.52. The smallest absolute Gasteiger partial charge is 0.244 e. The summed E-state index contributed by atoms with van der Waals surface area (Å²) in [6, 6.07) is 0. The highest BCUT2D eigenvalue weighted by atomic mass is 35.5. The highest BCUT2D eigenvalue weighted by Crippen LogP contribution is 2.27. The van der Waals surface area contributed by atoms with Crippen molar-refractivity contribution in [1.29, 1.82) is 0 Å². The fourth-order valence-electron chi connectivity index (χ4n) is 2.45. The van der Waals surface area contributed by atoms with Gasteiger partial charge in [-0.2, -0.15) is 0 Å². The highest BCUT2D eigenvalue weighted by Gasteiger charge is 2.35. The normalized spacial score (nSPS) is 17.7. The molecule has 0 spiro atoms. The Bertz CT molecular complexity index is 475. The fraction of sp³-hybridized carbons (Fsp3) is 0.667. The quantitative estimate of drug-likeness (QED) is 0.880. The third-order valence-electron chi connectivity index (χ3n) is 3.78. The van der Waals surface area contributed by atoms with Crippen molar-refractivity contribution in [3.05, 3.63) is 18.2 Å². The minimum Gasteiger partial charge on any atom is -0.322 e. The van der Waals surface area contributed by atoms with Crippen molar-refractivity contribution >= 4 is 24.0 Å². The maximum absolute atomic E-state index is 12.3. The maximum atomic E-state index is 12.3. The van der Waals surface area contributed by atoms with Gasteiger partial charge in [-0.1, -0.05) is 40.0 Å². The Balaban J connectivity index is 0.00000220. The first kappa shape index (κ1) is 17.9. The van der Waals surface area contributed by atoms with E-state index >= 15 is 0 Å². The molecule has 0 aromatic carbocycles. The molecule has 1 aromatic rings. The zero-order chi connectivity index (χ0) is 14.8. The van der Waals surface area contributed by atoms with Crippen LogP contribution in [0, 0.1) is 0 Å². The topological polar surface area (TPSA) is 80.9 Å². The van der Waals surface area contributed by atoms with Gasteiger partial charge in [0.15, 0.2) is 0 Å². The second-order valence-corrected chi connectivity index (χ2v) is 6.72. The van der Waals surface area contributed by atoms with Crippen molar-refractivity contribution < 1.29 is 4.79 Å². The summed E-state index contributed by atoms with van der Waals surface area (Å²) in [5.41, 5.74) is 5.97. The summed E-state index contributed by atoms with van der Waals surface area (Å²) < 4.78 is 0. The van der Waals surface area contributed by atoms with Crippen molar-refractivity contribution in [3.8, 4) is 0 Å². The van der Waals surface area contributed by atoms with Gasteiger partial charge < -0.3 is 11.1 Å². The summed E-state index contributed by atoms with van der Waals surface area (Å²) in [6.45, 7) is 6.16. The SMILES string of the molecule is CC(C)(C)c1ncc(NC(=O)C2(N)CCCCC2)cn1.Cl. The maximum Gasteiger partial charge on any atom is 0.244 e. The molecule has 1 heterocycles. The number of halogens is 1. The molecule has 21 heavy (non-hydrogen) atoms. The number of nitrogens with zero attached hydrogens (tertiary/aromatic N) is 2. The number of carbonyl (C=O) groups is 1. The number of carbonyl (C=O) groups excluding carboxylic acids is 1. The number of hydrogen-bond donors (Lipinski definition) is 2. The molecule has 5 nitrogen and oxygen atoms in total. The molecule has 118 valence electrons. The van der Waals surface area contributed by atoms with Crippen LogP contribution in [0.4, 0.5) is 5.69 Å². The first-order chi connectivity index (χ1) is 9.31. The van der Waals surface area contributed by atoms with E-state index in [0.717, 1.165) is 37.9 Å². The van der Waals surface area contributed by atoms with Gasteiger partial charge in [0.25, 0.3) is 0 Å². The molecule has 0 atom stereocenters. The predicted molar refractivity (Wildman–Crippen MR) is 86.6 cm³/mol. The third kappa shape index (κ3) is 4.38. The largest absolute Gasteiger partial charge is 0.322 e. The molecule has 0 radical (unpaired) electrons. The molecule has 1 saturated carbocycles. The van der Waals surface area contributed by atoms with Crippen molar-refractivity contribution in [2.75, 3.05) is 5.32 Å². The van der Waals surface area contributed by atoms with Crippen LogP contribution in [0.1, 0.15) is 58.7 Å². The molecule has 0 bridgehead atoms. The molecule has 1 fully saturated rings. The van der Waals surface area contributed by atoms with E-state index in [2.05, 4.69) is 36.1 Å². The van der Waals surface area contributed by atoms with Crippen molar-refractivity contribution in [2.45, 2.75) is 63.8 Å². The van der Waals surface area contributed by atoms with E-state index < -0.39 is 5.54 Å². The average molecular weight is 313 g/mol. The Labute approximate surface area is 132 Å². The van der Waals surface area contributed by atoms with E-state index in [0.29, 0.717) is 5.69 Å². The summed E-state index contributed by atoms with van der Waals surface area (Å²) in [4.78, 5) is 20.9. The van der Waals surface area contributed by atoms with Gasteiger partial charge in [-0.15, -0.1) is 12.4 Å². The Hall–Kier alpha value is -1.20. The van der Waals surface area contributed by atoms with Crippen LogP contribution in [0.25, 0.3) is 0 Å². The third-order valence-corrected chi connectivity index (χ3v) is 3.78. The van der Waals surface area contributed by atoms with Crippen LogP contribution in [0.15, 0.2) is 12.4 Å². The number of rotatable bonds is 2. The molecule has 1 aliphatic carbocycles. The van der Waals surface area contributed by atoms with Crippen molar-refractivity contribution in [3.63, 3.8) is 0 Å². The van der Waals surface area contributed by atoms with Crippen LogP contribution in [0.3, 0.4) is 0 Å². The number of aromatic nitrogens is 2. The monoisotopic (exact) mass is 312 g/mol. The number of nitrogens with one attached hydrogen (secondary N) is 1. The van der Waals surface area contributed by atoms with E-state index in [9.17, 15) is 4.79 Å². The van der Waals surface area contributed by atoms with Crippen LogP contribution in [0.2, 0.25) is 0 Å². The van der Waals surface area contributed by atoms with Gasteiger partial charge in [0.2, 0.25) is 5.91 Å². The standard InChI is InChI=1S/C15H24N4O.ClH/c1-14(2,3)12-17-9-11(10-18-12)19-13(20)15(16)7-5-4-6-8-15;/h9-10H,4-8,16H2,1-3H3,(H,19,20);1H. The van der Waals surface area contributed by atoms with Gasteiger partial charge in [-0.05, 0) is 12.8 Å². The Morgan fingerprint density at radius 2 is 1.71 bits per heavy atom. The second kappa shape index (κ2) is 6.71. The van der Waals surface area contributed by atoms with Crippen LogP contribution in [0.5, 0.6) is 0 Å². The Kier molecular flexibility index (Phi) is 5.70. The lowest BCUT2D eigenvalue weighted by atomic mass is 9.82. The summed E-state index contributed by atoms with van der Waals surface area (Å²) in [6.07, 6.45) is 8.00. The van der Waals surface area contributed by atoms with Crippen molar-refractivity contribution in [1.82, 2.24) is 9.97 Å². The molecular formula is C15H25ClN4O. The fourth-order valence-corrected chi connectivity index (χ4v) is 2.45. The number of anilines is 1. The molecule has 0 unspecified atom stereocenters. The molecule has 2 rings (SSSR count). The number of amides is 1. The molecular weight excluding hydrogens is 288 g/mol. The molecule has 1 aromatic heterocycles. The summed E-state index contributed by atoms with van der Waals surface area (Å²) in [5, 5.41) is 2.84. The minimum atomic E-state index is -0.735. The van der Waals surface area contributed by atoms with Crippen LogP contribution in [-0.2, 0) is 10.2 Å². The Morgan fingerprint density at radius 3 is 2.19 bits per heavy atom. The number of nitrogens with two attached hydrogens (primary N) is 1. The zero-order valence-corrected chi connectivity index (χ0v) is 13.8. The second-order valence-electron chi connectivity index (χ2n) is 6.72. The van der Waals surface area contributed by atoms with Crippen LogP contribution in [-0.4, -0.2) is 21.4 Å². The molecule has 6 heteroatoms. The summed E-state index contributed by atoms with van der Waals surface area (Å²) >= 11 is 0. The molecule has 1 aliphatic rings. The summed E-state index contributed by atoms with van der Waals surface area (Å²) in [5.74, 6) is 0.639. The highest BCUT2D eigenvalue weighted by molar-refractivity contribution is 5.97. The predicted octanol–water partition coefficient (Wildman–Crippen LogP) is 2.80. The van der Waals surface area contributed by atoms with Gasteiger partial charge in [-0.3, -0.25) is 4.79 Å². The van der Waals surface area contributed by atoms with E-state index in [1.165, 1.54) is 0 Å². The van der Waals surface area contributed by atoms with E-state index in [1.807, 2.05) is 0 Å². The number of hydrogen-bond acceptors (Lipinski definition) is 4. The first-order valence-electron chi connectivity index (χ1n) is 7.24. The summed E-state index contributed by atoms with van der Waals surface area (Å²) in [7, 11) is 0. The van der Waals surface area contributed by atoms with E-state index in [4.69, 9.17) is 5.73 Å². The van der Waals surface area contributed by atoms with E-state index in [-0.39, 0.29) is 23.7 Å². The van der Waals surface area contributed by atoms with Gasteiger partial charge in [0, 0.05) is 5.41 Å². The van der Waals surface area contributed by atoms with Crippen LogP contribution >= 0.6 is 12.4 Å². The molecule has 0 aliphatic heterocycles. The van der Waals surface area contributed by atoms with Gasteiger partial charge in [-0.25, -0.2) is 9.97 Å². The minimum absolute atomic E-state index is 0. The van der Waals surface area contributed by atoms with Crippen molar-refractivity contribution in [2.24, 2.45) is 5.73 Å². The average Bonchev–Trinajstić information content (AvgIpc) is 2.39. The zero-order valence-electron chi connectivity index (χ0n) is 13.0. The van der Waals surface area contributed by atoms with Crippen LogP contribution < -0.4 is 11.1 Å². The van der Waals surface area contributed by atoms with Gasteiger partial charge in [0.05, 0.1) is 23.6 Å².